The van der Waals surface area contributed by atoms with Crippen LogP contribution in [0.1, 0.15) is 12.5 Å². The zero-order chi connectivity index (χ0) is 17.7. The van der Waals surface area contributed by atoms with E-state index >= 15 is 0 Å². The van der Waals surface area contributed by atoms with Gasteiger partial charge in [0.25, 0.3) is 0 Å². The molecule has 0 aliphatic heterocycles. The molecule has 0 bridgehead atoms. The van der Waals surface area contributed by atoms with Gasteiger partial charge in [-0.2, -0.15) is 0 Å². The molecular formula is C17H13BrF2N2O2. The predicted octanol–water partition coefficient (Wildman–Crippen LogP) is 4.34. The topological polar surface area (TPSA) is 58.2 Å². The summed E-state index contributed by atoms with van der Waals surface area (Å²) in [4.78, 5) is 22.9. The zero-order valence-electron chi connectivity index (χ0n) is 12.6. The Kier molecular flexibility index (Phi) is 5.81. The summed E-state index contributed by atoms with van der Waals surface area (Å²) in [5.41, 5.74) is 0.471. The number of nitrogens with one attached hydrogen (secondary N) is 2. The van der Waals surface area contributed by atoms with Gasteiger partial charge in [-0.1, -0.05) is 15.9 Å². The summed E-state index contributed by atoms with van der Waals surface area (Å²) in [5, 5.41) is 4.83. The highest BCUT2D eigenvalue weighted by molar-refractivity contribution is 9.10. The summed E-state index contributed by atoms with van der Waals surface area (Å²) in [6.45, 7) is 1.32. The normalized spacial score (nSPS) is 10.7. The number of benzene rings is 2. The van der Waals surface area contributed by atoms with E-state index in [1.54, 1.807) is 0 Å². The predicted molar refractivity (Wildman–Crippen MR) is 92.5 cm³/mol. The third-order valence-corrected chi connectivity index (χ3v) is 3.41. The lowest BCUT2D eigenvalue weighted by Crippen LogP contribution is -2.11. The minimum absolute atomic E-state index is 0.0920. The molecule has 0 aliphatic rings. The highest BCUT2D eigenvalue weighted by Gasteiger charge is 2.07. The molecule has 0 fully saturated rings. The van der Waals surface area contributed by atoms with Gasteiger partial charge in [-0.05, 0) is 42.5 Å². The van der Waals surface area contributed by atoms with Gasteiger partial charge >= 0.3 is 0 Å². The number of rotatable bonds is 4. The molecule has 0 saturated carbocycles. The molecule has 2 aromatic carbocycles. The zero-order valence-corrected chi connectivity index (χ0v) is 14.2. The average molecular weight is 395 g/mol. The largest absolute Gasteiger partial charge is 0.326 e. The fourth-order valence-corrected chi connectivity index (χ4v) is 2.26. The molecule has 2 rings (SSSR count). The molecule has 7 heteroatoms. The van der Waals surface area contributed by atoms with E-state index < -0.39 is 17.5 Å². The summed E-state index contributed by atoms with van der Waals surface area (Å²) in [6, 6.07) is 8.10. The third kappa shape index (κ3) is 4.99. The van der Waals surface area contributed by atoms with Crippen LogP contribution in [0.25, 0.3) is 6.08 Å². The van der Waals surface area contributed by atoms with Crippen molar-refractivity contribution < 1.29 is 18.4 Å². The Morgan fingerprint density at radius 3 is 2.46 bits per heavy atom. The van der Waals surface area contributed by atoms with Crippen LogP contribution in [0.5, 0.6) is 0 Å². The molecule has 0 aliphatic carbocycles. The number of anilines is 2. The van der Waals surface area contributed by atoms with Crippen molar-refractivity contribution >= 4 is 45.2 Å². The van der Waals surface area contributed by atoms with Gasteiger partial charge in [0.15, 0.2) is 0 Å². The molecule has 0 unspecified atom stereocenters. The second-order valence-corrected chi connectivity index (χ2v) is 5.78. The van der Waals surface area contributed by atoms with Gasteiger partial charge in [-0.3, -0.25) is 9.59 Å². The van der Waals surface area contributed by atoms with E-state index in [-0.39, 0.29) is 17.2 Å². The van der Waals surface area contributed by atoms with E-state index in [1.807, 2.05) is 0 Å². The molecule has 2 amide bonds. The summed E-state index contributed by atoms with van der Waals surface area (Å²) in [7, 11) is 0. The quantitative estimate of drug-likeness (QED) is 0.757. The summed E-state index contributed by atoms with van der Waals surface area (Å²) in [5.74, 6) is -2.09. The number of amides is 2. The maximum Gasteiger partial charge on any atom is 0.248 e. The Morgan fingerprint density at radius 1 is 1.04 bits per heavy atom. The van der Waals surface area contributed by atoms with Crippen molar-refractivity contribution in [3.63, 3.8) is 0 Å². The van der Waals surface area contributed by atoms with Crippen molar-refractivity contribution in [3.8, 4) is 0 Å². The highest BCUT2D eigenvalue weighted by atomic mass is 79.9. The van der Waals surface area contributed by atoms with Crippen molar-refractivity contribution in [2.45, 2.75) is 6.92 Å². The van der Waals surface area contributed by atoms with Crippen molar-refractivity contribution in [2.75, 3.05) is 10.6 Å². The summed E-state index contributed by atoms with van der Waals surface area (Å²) in [6.07, 6.45) is 2.38. The lowest BCUT2D eigenvalue weighted by molar-refractivity contribution is -0.114. The molecule has 0 radical (unpaired) electrons. The molecule has 2 N–H and O–H groups in total. The minimum Gasteiger partial charge on any atom is -0.326 e. The highest BCUT2D eigenvalue weighted by Crippen LogP contribution is 2.20. The fraction of sp³-hybridized carbons (Fsp3) is 0.0588. The fourth-order valence-electron chi connectivity index (χ4n) is 1.88. The van der Waals surface area contributed by atoms with Crippen molar-refractivity contribution in [2.24, 2.45) is 0 Å². The Bertz CT molecular complexity index is 822. The SMILES string of the molecule is CC(=O)Nc1ccc(F)c(NC(=O)/C=C/c2cc(Br)ccc2F)c1. The molecular weight excluding hydrogens is 382 g/mol. The number of hydrogen-bond acceptors (Lipinski definition) is 2. The van der Waals surface area contributed by atoms with Crippen LogP contribution in [0, 0.1) is 11.6 Å². The molecule has 0 heterocycles. The van der Waals surface area contributed by atoms with Crippen LogP contribution in [0.4, 0.5) is 20.2 Å². The average Bonchev–Trinajstić information content (AvgIpc) is 2.51. The van der Waals surface area contributed by atoms with E-state index in [0.29, 0.717) is 10.2 Å². The Balaban J connectivity index is 2.13. The second-order valence-electron chi connectivity index (χ2n) is 4.86. The van der Waals surface area contributed by atoms with E-state index in [4.69, 9.17) is 0 Å². The lowest BCUT2D eigenvalue weighted by atomic mass is 10.2. The van der Waals surface area contributed by atoms with Crippen LogP contribution < -0.4 is 10.6 Å². The van der Waals surface area contributed by atoms with Crippen molar-refractivity contribution in [3.05, 3.63) is 64.1 Å². The molecule has 0 aromatic heterocycles. The maximum absolute atomic E-state index is 13.7. The van der Waals surface area contributed by atoms with E-state index in [9.17, 15) is 18.4 Å². The van der Waals surface area contributed by atoms with Crippen LogP contribution in [0.2, 0.25) is 0 Å². The number of hydrogen-bond donors (Lipinski definition) is 2. The summed E-state index contributed by atoms with van der Waals surface area (Å²) < 4.78 is 28.0. The molecule has 0 spiro atoms. The first-order chi connectivity index (χ1) is 11.3. The van der Waals surface area contributed by atoms with Crippen molar-refractivity contribution in [1.29, 1.82) is 0 Å². The number of carbonyl (C=O) groups excluding carboxylic acids is 2. The molecule has 124 valence electrons. The van der Waals surface area contributed by atoms with Crippen molar-refractivity contribution in [1.82, 2.24) is 0 Å². The Morgan fingerprint density at radius 2 is 1.75 bits per heavy atom. The lowest BCUT2D eigenvalue weighted by Gasteiger charge is -2.07. The van der Waals surface area contributed by atoms with Crippen LogP contribution >= 0.6 is 15.9 Å². The van der Waals surface area contributed by atoms with Gasteiger partial charge in [0.2, 0.25) is 11.8 Å². The Hall–Kier alpha value is -2.54. The van der Waals surface area contributed by atoms with Gasteiger partial charge in [0.1, 0.15) is 11.6 Å². The van der Waals surface area contributed by atoms with Crippen LogP contribution in [-0.2, 0) is 9.59 Å². The number of carbonyl (C=O) groups is 2. The van der Waals surface area contributed by atoms with Gasteiger partial charge in [0, 0.05) is 28.7 Å². The van der Waals surface area contributed by atoms with Gasteiger partial charge in [-0.15, -0.1) is 0 Å². The van der Waals surface area contributed by atoms with E-state index in [2.05, 4.69) is 26.6 Å². The van der Waals surface area contributed by atoms with E-state index in [1.165, 1.54) is 43.3 Å². The standard InChI is InChI=1S/C17H13BrF2N2O2/c1-10(23)21-13-4-6-15(20)16(9-13)22-17(24)7-2-11-8-12(18)3-5-14(11)19/h2-9H,1H3,(H,21,23)(H,22,24)/b7-2+. The first-order valence-corrected chi connectivity index (χ1v) is 7.65. The first-order valence-electron chi connectivity index (χ1n) is 6.86. The Labute approximate surface area is 145 Å². The smallest absolute Gasteiger partial charge is 0.248 e. The monoisotopic (exact) mass is 394 g/mol. The molecule has 24 heavy (non-hydrogen) atoms. The number of halogens is 3. The molecule has 0 saturated heterocycles. The molecule has 4 nitrogen and oxygen atoms in total. The van der Waals surface area contributed by atoms with Crippen LogP contribution in [-0.4, -0.2) is 11.8 Å². The van der Waals surface area contributed by atoms with Crippen LogP contribution in [0.3, 0.4) is 0 Å². The molecule has 0 atom stereocenters. The minimum atomic E-state index is -0.653. The van der Waals surface area contributed by atoms with E-state index in [0.717, 1.165) is 12.1 Å². The van der Waals surface area contributed by atoms with Gasteiger partial charge in [0.05, 0.1) is 5.69 Å². The van der Waals surface area contributed by atoms with Gasteiger partial charge < -0.3 is 10.6 Å². The first kappa shape index (κ1) is 17.8. The maximum atomic E-state index is 13.7. The van der Waals surface area contributed by atoms with Gasteiger partial charge in [-0.25, -0.2) is 8.78 Å². The molecule has 2 aromatic rings. The summed E-state index contributed by atoms with van der Waals surface area (Å²) >= 11 is 3.21. The third-order valence-electron chi connectivity index (χ3n) is 2.92. The second kappa shape index (κ2) is 7.83. The van der Waals surface area contributed by atoms with Crippen LogP contribution in [0.15, 0.2) is 46.9 Å².